The van der Waals surface area contributed by atoms with Gasteiger partial charge in [0.15, 0.2) is 5.16 Å². The molecule has 0 radical (unpaired) electrons. The van der Waals surface area contributed by atoms with E-state index in [1.807, 2.05) is 0 Å². The van der Waals surface area contributed by atoms with Crippen molar-refractivity contribution in [3.8, 4) is 0 Å². The molecule has 1 N–H and O–H groups in total. The fourth-order valence-electron chi connectivity index (χ4n) is 2.19. The van der Waals surface area contributed by atoms with E-state index in [2.05, 4.69) is 4.98 Å². The summed E-state index contributed by atoms with van der Waals surface area (Å²) in [7, 11) is 1.78. The summed E-state index contributed by atoms with van der Waals surface area (Å²) in [6.45, 7) is -0.100. The Morgan fingerprint density at radius 3 is 2.33 bits per heavy atom. The summed E-state index contributed by atoms with van der Waals surface area (Å²) >= 11 is 1.28. The van der Waals surface area contributed by atoms with Crippen molar-refractivity contribution in [3.63, 3.8) is 0 Å². The van der Waals surface area contributed by atoms with Gasteiger partial charge in [-0.15, -0.1) is 0 Å². The topological polar surface area (TPSA) is 75.4 Å². The van der Waals surface area contributed by atoms with E-state index in [0.29, 0.717) is 22.0 Å². The molecule has 0 atom stereocenters. The van der Waals surface area contributed by atoms with Crippen LogP contribution in [0.4, 0.5) is 0 Å². The fraction of sp³-hybridized carbons (Fsp3) is 0.214. The number of nitrogens with zero attached hydrogens (tertiary/aromatic N) is 3. The molecule has 7 heteroatoms. The number of carbonyl (C=O) groups excluding carboxylic acids is 2. The summed E-state index contributed by atoms with van der Waals surface area (Å²) in [6, 6.07) is 6.80. The molecule has 1 aliphatic heterocycles. The fourth-order valence-corrected chi connectivity index (χ4v) is 3.10. The Bertz CT molecular complexity index is 691. The lowest BCUT2D eigenvalue weighted by Gasteiger charge is -2.13. The largest absolute Gasteiger partial charge is 0.390 e. The van der Waals surface area contributed by atoms with Crippen LogP contribution in [-0.2, 0) is 13.7 Å². The summed E-state index contributed by atoms with van der Waals surface area (Å²) in [6.07, 6.45) is 1.57. The van der Waals surface area contributed by atoms with Gasteiger partial charge in [-0.05, 0) is 12.1 Å². The molecule has 3 rings (SSSR count). The lowest BCUT2D eigenvalue weighted by molar-refractivity contribution is 0.0684. The maximum absolute atomic E-state index is 12.2. The second-order valence-corrected chi connectivity index (χ2v) is 5.52. The molecular weight excluding hydrogens is 290 g/mol. The smallest absolute Gasteiger partial charge is 0.262 e. The number of fused-ring (bicyclic) bond motifs is 1. The van der Waals surface area contributed by atoms with Gasteiger partial charge in [0.2, 0.25) is 0 Å². The summed E-state index contributed by atoms with van der Waals surface area (Å²) in [5.41, 5.74) is 1.57. The van der Waals surface area contributed by atoms with Gasteiger partial charge in [0.05, 0.1) is 35.5 Å². The molecule has 0 saturated carbocycles. The first-order chi connectivity index (χ1) is 10.1. The Balaban J connectivity index is 1.76. The molecule has 0 fully saturated rings. The number of thioether (sulfide) groups is 1. The summed E-state index contributed by atoms with van der Waals surface area (Å²) in [5, 5.41) is 9.77. The number of rotatable bonds is 4. The first kappa shape index (κ1) is 13.8. The highest BCUT2D eigenvalue weighted by Gasteiger charge is 2.35. The van der Waals surface area contributed by atoms with Gasteiger partial charge in [0.1, 0.15) is 0 Å². The number of benzene rings is 1. The minimum absolute atomic E-state index is 0.100. The molecule has 2 heterocycles. The van der Waals surface area contributed by atoms with Gasteiger partial charge in [-0.3, -0.25) is 14.5 Å². The Morgan fingerprint density at radius 1 is 1.19 bits per heavy atom. The molecule has 0 spiro atoms. The number of imide groups is 1. The van der Waals surface area contributed by atoms with Crippen LogP contribution in [0.1, 0.15) is 26.4 Å². The van der Waals surface area contributed by atoms with Crippen molar-refractivity contribution in [2.75, 3.05) is 5.88 Å². The van der Waals surface area contributed by atoms with Crippen molar-refractivity contribution in [1.29, 1.82) is 0 Å². The average Bonchev–Trinajstić information content (AvgIpc) is 2.97. The van der Waals surface area contributed by atoms with E-state index in [-0.39, 0.29) is 24.3 Å². The van der Waals surface area contributed by atoms with Crippen molar-refractivity contribution in [3.05, 3.63) is 47.3 Å². The minimum atomic E-state index is -0.278. The van der Waals surface area contributed by atoms with Crippen LogP contribution in [-0.4, -0.2) is 37.2 Å². The molecule has 21 heavy (non-hydrogen) atoms. The predicted octanol–water partition coefficient (Wildman–Crippen LogP) is 1.26. The standard InChI is InChI=1S/C14H13N3O3S/c1-16-9(7-18)6-15-14(16)21-8-17-12(19)10-4-2-3-5-11(10)13(17)20/h2-6,18H,7-8H2,1H3. The zero-order chi connectivity index (χ0) is 15.0. The van der Waals surface area contributed by atoms with Gasteiger partial charge in [0, 0.05) is 7.05 Å². The summed E-state index contributed by atoms with van der Waals surface area (Å²) in [5.74, 6) is -0.360. The highest BCUT2D eigenvalue weighted by atomic mass is 32.2. The van der Waals surface area contributed by atoms with Crippen LogP contribution >= 0.6 is 11.8 Å². The van der Waals surface area contributed by atoms with E-state index >= 15 is 0 Å². The minimum Gasteiger partial charge on any atom is -0.390 e. The number of hydrogen-bond donors (Lipinski definition) is 1. The zero-order valence-electron chi connectivity index (χ0n) is 11.3. The third-order valence-corrected chi connectivity index (χ3v) is 4.43. The van der Waals surface area contributed by atoms with Gasteiger partial charge in [-0.2, -0.15) is 0 Å². The Hall–Kier alpha value is -2.12. The molecule has 0 saturated heterocycles. The van der Waals surface area contributed by atoms with E-state index in [1.54, 1.807) is 42.1 Å². The van der Waals surface area contributed by atoms with Crippen LogP contribution in [0.5, 0.6) is 0 Å². The lowest BCUT2D eigenvalue weighted by Crippen LogP contribution is -2.29. The van der Waals surface area contributed by atoms with Gasteiger partial charge < -0.3 is 9.67 Å². The van der Waals surface area contributed by atoms with Crippen molar-refractivity contribution in [2.24, 2.45) is 7.05 Å². The average molecular weight is 303 g/mol. The lowest BCUT2D eigenvalue weighted by atomic mass is 10.1. The first-order valence-corrected chi connectivity index (χ1v) is 7.31. The number of amides is 2. The third-order valence-electron chi connectivity index (χ3n) is 3.40. The molecule has 1 aromatic carbocycles. The van der Waals surface area contributed by atoms with E-state index in [4.69, 9.17) is 5.11 Å². The van der Waals surface area contributed by atoms with Crippen LogP contribution in [0.2, 0.25) is 0 Å². The summed E-state index contributed by atoms with van der Waals surface area (Å²) in [4.78, 5) is 29.8. The molecule has 0 aliphatic carbocycles. The van der Waals surface area contributed by atoms with Crippen LogP contribution in [0.3, 0.4) is 0 Å². The second-order valence-electron chi connectivity index (χ2n) is 4.61. The van der Waals surface area contributed by atoms with Crippen LogP contribution in [0.15, 0.2) is 35.6 Å². The SMILES string of the molecule is Cn1c(CO)cnc1SCN1C(=O)c2ccccc2C1=O. The molecular formula is C14H13N3O3S. The Labute approximate surface area is 125 Å². The maximum Gasteiger partial charge on any atom is 0.262 e. The highest BCUT2D eigenvalue weighted by molar-refractivity contribution is 7.99. The molecule has 6 nitrogen and oxygen atoms in total. The molecule has 1 aliphatic rings. The van der Waals surface area contributed by atoms with E-state index in [9.17, 15) is 9.59 Å². The zero-order valence-corrected chi connectivity index (χ0v) is 12.1. The number of aliphatic hydroxyl groups excluding tert-OH is 1. The molecule has 0 bridgehead atoms. The molecule has 0 unspecified atom stereocenters. The molecule has 1 aromatic heterocycles. The number of aliphatic hydroxyl groups is 1. The van der Waals surface area contributed by atoms with Gasteiger partial charge >= 0.3 is 0 Å². The van der Waals surface area contributed by atoms with Gasteiger partial charge in [0.25, 0.3) is 11.8 Å². The Morgan fingerprint density at radius 2 is 1.81 bits per heavy atom. The van der Waals surface area contributed by atoms with E-state index in [1.165, 1.54) is 16.7 Å². The van der Waals surface area contributed by atoms with Gasteiger partial charge in [-0.1, -0.05) is 23.9 Å². The highest BCUT2D eigenvalue weighted by Crippen LogP contribution is 2.26. The summed E-state index contributed by atoms with van der Waals surface area (Å²) < 4.78 is 1.74. The van der Waals surface area contributed by atoms with Crippen molar-refractivity contribution < 1.29 is 14.7 Å². The molecule has 2 aromatic rings. The maximum atomic E-state index is 12.2. The Kier molecular flexibility index (Phi) is 3.52. The van der Waals surface area contributed by atoms with Gasteiger partial charge in [-0.25, -0.2) is 4.98 Å². The van der Waals surface area contributed by atoms with Crippen LogP contribution in [0, 0.1) is 0 Å². The van der Waals surface area contributed by atoms with Crippen LogP contribution in [0.25, 0.3) is 0 Å². The van der Waals surface area contributed by atoms with Crippen molar-refractivity contribution in [1.82, 2.24) is 14.5 Å². The number of carbonyl (C=O) groups is 2. The van der Waals surface area contributed by atoms with E-state index < -0.39 is 0 Å². The van der Waals surface area contributed by atoms with Crippen molar-refractivity contribution >= 4 is 23.6 Å². The molecule has 2 amide bonds. The number of imidazole rings is 1. The van der Waals surface area contributed by atoms with Crippen LogP contribution < -0.4 is 0 Å². The first-order valence-electron chi connectivity index (χ1n) is 6.33. The third kappa shape index (κ3) is 2.24. The van der Waals surface area contributed by atoms with E-state index in [0.717, 1.165) is 0 Å². The normalized spacial score (nSPS) is 13.9. The number of aromatic nitrogens is 2. The molecule has 108 valence electrons. The quantitative estimate of drug-likeness (QED) is 0.680. The monoisotopic (exact) mass is 303 g/mol. The number of hydrogen-bond acceptors (Lipinski definition) is 5. The van der Waals surface area contributed by atoms with Crippen molar-refractivity contribution in [2.45, 2.75) is 11.8 Å². The second kappa shape index (κ2) is 5.34. The predicted molar refractivity (Wildman–Crippen MR) is 76.8 cm³/mol.